The summed E-state index contributed by atoms with van der Waals surface area (Å²) >= 11 is 0. The molecular formula is C41H68N6O9. The third kappa shape index (κ3) is 16.2. The van der Waals surface area contributed by atoms with Gasteiger partial charge in [0.15, 0.2) is 0 Å². The van der Waals surface area contributed by atoms with Crippen molar-refractivity contribution in [2.75, 3.05) is 7.11 Å². The molecular weight excluding hydrogens is 720 g/mol. The Labute approximate surface area is 333 Å². The molecule has 6 amide bonds. The number of hydrogen-bond acceptors (Lipinski definition) is 9. The van der Waals surface area contributed by atoms with Gasteiger partial charge in [-0.05, 0) is 78.2 Å². The number of carbonyl (C=O) groups excluding carboxylic acids is 7. The molecule has 0 bridgehead atoms. The number of amides is 6. The third-order valence-electron chi connectivity index (χ3n) is 9.37. The van der Waals surface area contributed by atoms with Crippen LogP contribution in [0.3, 0.4) is 0 Å². The van der Waals surface area contributed by atoms with Crippen molar-refractivity contribution in [3.05, 3.63) is 35.9 Å². The van der Waals surface area contributed by atoms with Gasteiger partial charge >= 0.3 is 12.1 Å². The number of nitrogens with one attached hydrogen (secondary N) is 6. The molecule has 0 aromatic heterocycles. The van der Waals surface area contributed by atoms with Gasteiger partial charge in [-0.2, -0.15) is 0 Å². The molecule has 0 aliphatic rings. The molecule has 6 atom stereocenters. The summed E-state index contributed by atoms with van der Waals surface area (Å²) in [5, 5.41) is 16.3. The minimum atomic E-state index is -1.56. The van der Waals surface area contributed by atoms with Gasteiger partial charge in [0.2, 0.25) is 29.5 Å². The first-order valence-corrected chi connectivity index (χ1v) is 19.5. The van der Waals surface area contributed by atoms with Crippen molar-refractivity contribution in [1.29, 1.82) is 0 Å². The molecule has 15 nitrogen and oxygen atoms in total. The molecule has 0 heterocycles. The van der Waals surface area contributed by atoms with Crippen molar-refractivity contribution < 1.29 is 43.0 Å². The maximum absolute atomic E-state index is 14.1. The molecule has 0 fully saturated rings. The van der Waals surface area contributed by atoms with Crippen molar-refractivity contribution in [1.82, 2.24) is 31.9 Å². The summed E-state index contributed by atoms with van der Waals surface area (Å²) in [6.07, 6.45) is 0.613. The number of hydrogen-bond donors (Lipinski definition) is 6. The Bertz CT molecular complexity index is 1510. The lowest BCUT2D eigenvalue weighted by Gasteiger charge is -2.33. The van der Waals surface area contributed by atoms with Crippen LogP contribution in [-0.4, -0.2) is 89.6 Å². The molecule has 316 valence electrons. The van der Waals surface area contributed by atoms with Crippen molar-refractivity contribution in [2.45, 2.75) is 157 Å². The van der Waals surface area contributed by atoms with Gasteiger partial charge < -0.3 is 41.4 Å². The molecule has 0 aliphatic heterocycles. The van der Waals surface area contributed by atoms with Crippen LogP contribution in [0.4, 0.5) is 4.79 Å². The highest BCUT2D eigenvalue weighted by molar-refractivity contribution is 5.98. The van der Waals surface area contributed by atoms with Gasteiger partial charge in [-0.25, -0.2) is 9.59 Å². The zero-order valence-corrected chi connectivity index (χ0v) is 35.9. The standard InChI is InChI=1S/C41H68N6O9/c1-15-25(5)30(33(49)46-41(12,13)37(53)43-29(22-24(3)4)35(51)55-14)44-32(48)28(23-27-20-18-17-19-21-27)42-36(52)40(10,11)47-34(50)31(26(6)16-2)45-38(54)56-39(7,8)9/h17-21,24-26,28-31H,15-16,22-23H2,1-14H3,(H,42,52)(H,43,53)(H,44,48)(H,45,54)(H,46,49)(H,47,50)/t25-,26-,28-,29-,30-,31-/m0/s1. The van der Waals surface area contributed by atoms with Crippen LogP contribution >= 0.6 is 0 Å². The van der Waals surface area contributed by atoms with Crippen molar-refractivity contribution in [2.24, 2.45) is 17.8 Å². The minimum Gasteiger partial charge on any atom is -0.467 e. The summed E-state index contributed by atoms with van der Waals surface area (Å²) in [4.78, 5) is 93.8. The Morgan fingerprint density at radius 1 is 0.625 bits per heavy atom. The Morgan fingerprint density at radius 2 is 1.07 bits per heavy atom. The van der Waals surface area contributed by atoms with E-state index >= 15 is 0 Å². The van der Waals surface area contributed by atoms with Crippen LogP contribution in [0.5, 0.6) is 0 Å². The van der Waals surface area contributed by atoms with E-state index in [9.17, 15) is 33.6 Å². The lowest BCUT2D eigenvalue weighted by Crippen LogP contribution is -2.64. The molecule has 0 spiro atoms. The van der Waals surface area contributed by atoms with E-state index in [0.717, 1.165) is 5.56 Å². The predicted molar refractivity (Wildman–Crippen MR) is 214 cm³/mol. The second kappa shape index (κ2) is 21.6. The normalized spacial score (nSPS) is 15.1. The molecule has 15 heteroatoms. The molecule has 0 saturated carbocycles. The Morgan fingerprint density at radius 3 is 1.48 bits per heavy atom. The lowest BCUT2D eigenvalue weighted by atomic mass is 9.94. The number of benzene rings is 1. The van der Waals surface area contributed by atoms with E-state index in [-0.39, 0.29) is 18.3 Å². The molecule has 56 heavy (non-hydrogen) atoms. The number of carbonyl (C=O) groups is 7. The van der Waals surface area contributed by atoms with E-state index in [1.165, 1.54) is 34.8 Å². The summed E-state index contributed by atoms with van der Waals surface area (Å²) < 4.78 is 10.2. The third-order valence-corrected chi connectivity index (χ3v) is 9.37. The van der Waals surface area contributed by atoms with Crippen LogP contribution in [0.25, 0.3) is 0 Å². The number of ether oxygens (including phenoxy) is 2. The maximum atomic E-state index is 14.1. The highest BCUT2D eigenvalue weighted by Crippen LogP contribution is 2.16. The van der Waals surface area contributed by atoms with Crippen LogP contribution in [0.1, 0.15) is 115 Å². The lowest BCUT2D eigenvalue weighted by molar-refractivity contribution is -0.146. The first-order valence-electron chi connectivity index (χ1n) is 19.5. The highest BCUT2D eigenvalue weighted by Gasteiger charge is 2.40. The number of esters is 1. The van der Waals surface area contributed by atoms with Gasteiger partial charge in [0, 0.05) is 6.42 Å². The average Bonchev–Trinajstić information content (AvgIpc) is 3.09. The Kier molecular flexibility index (Phi) is 19.0. The predicted octanol–water partition coefficient (Wildman–Crippen LogP) is 3.68. The molecule has 1 aromatic carbocycles. The van der Waals surface area contributed by atoms with E-state index in [0.29, 0.717) is 19.3 Å². The summed E-state index contributed by atoms with van der Waals surface area (Å²) in [6.45, 7) is 22.1. The SMILES string of the molecule is CC[C@H](C)[C@H](NC(=O)OC(C)(C)C)C(=O)NC(C)(C)C(=O)N[C@@H](Cc1ccccc1)C(=O)N[C@H](C(=O)NC(C)(C)C(=O)N[C@@H](CC(C)C)C(=O)OC)[C@@H](C)CC. The van der Waals surface area contributed by atoms with Crippen LogP contribution in [0.2, 0.25) is 0 Å². The summed E-state index contributed by atoms with van der Waals surface area (Å²) in [7, 11) is 1.23. The fourth-order valence-electron chi connectivity index (χ4n) is 5.54. The molecule has 0 aliphatic carbocycles. The number of methoxy groups -OCH3 is 1. The second-order valence-corrected chi connectivity index (χ2v) is 17.0. The van der Waals surface area contributed by atoms with Crippen LogP contribution in [-0.2, 0) is 44.7 Å². The van der Waals surface area contributed by atoms with Crippen molar-refractivity contribution in [3.63, 3.8) is 0 Å². The van der Waals surface area contributed by atoms with E-state index < -0.39 is 88.4 Å². The highest BCUT2D eigenvalue weighted by atomic mass is 16.6. The van der Waals surface area contributed by atoms with Gasteiger partial charge in [0.1, 0.15) is 40.8 Å². The van der Waals surface area contributed by atoms with Gasteiger partial charge in [-0.3, -0.25) is 24.0 Å². The molecule has 6 N–H and O–H groups in total. The topological polar surface area (TPSA) is 210 Å². The van der Waals surface area contributed by atoms with Gasteiger partial charge in [-0.15, -0.1) is 0 Å². The van der Waals surface area contributed by atoms with E-state index in [1.807, 2.05) is 33.8 Å². The zero-order valence-electron chi connectivity index (χ0n) is 35.9. The van der Waals surface area contributed by atoms with Crippen LogP contribution in [0, 0.1) is 17.8 Å². The van der Waals surface area contributed by atoms with Crippen molar-refractivity contribution >= 4 is 41.6 Å². The van der Waals surface area contributed by atoms with E-state index in [4.69, 9.17) is 9.47 Å². The molecule has 0 radical (unpaired) electrons. The number of alkyl carbamates (subject to hydrolysis) is 1. The fraction of sp³-hybridized carbons (Fsp3) is 0.683. The molecule has 1 rings (SSSR count). The molecule has 0 unspecified atom stereocenters. The molecule has 1 aromatic rings. The number of rotatable bonds is 20. The van der Waals surface area contributed by atoms with Gasteiger partial charge in [0.25, 0.3) is 0 Å². The zero-order chi connectivity index (χ0) is 43.2. The monoisotopic (exact) mass is 789 g/mol. The van der Waals surface area contributed by atoms with E-state index in [2.05, 4.69) is 31.9 Å². The van der Waals surface area contributed by atoms with Crippen molar-refractivity contribution in [3.8, 4) is 0 Å². The van der Waals surface area contributed by atoms with Gasteiger partial charge in [-0.1, -0.05) is 84.7 Å². The first kappa shape index (κ1) is 49.3. The second-order valence-electron chi connectivity index (χ2n) is 17.0. The van der Waals surface area contributed by atoms with Crippen LogP contribution in [0.15, 0.2) is 30.3 Å². The quantitative estimate of drug-likeness (QED) is 0.106. The Hall–Kier alpha value is -4.69. The summed E-state index contributed by atoms with van der Waals surface area (Å²) in [6, 6.07) is 4.71. The first-order chi connectivity index (χ1) is 25.8. The largest absolute Gasteiger partial charge is 0.467 e. The minimum absolute atomic E-state index is 0.0473. The Balaban J connectivity index is 3.35. The maximum Gasteiger partial charge on any atom is 0.408 e. The van der Waals surface area contributed by atoms with Crippen LogP contribution < -0.4 is 31.9 Å². The van der Waals surface area contributed by atoms with Gasteiger partial charge in [0.05, 0.1) is 7.11 Å². The summed E-state index contributed by atoms with van der Waals surface area (Å²) in [5.74, 6) is -4.49. The smallest absolute Gasteiger partial charge is 0.408 e. The molecule has 0 saturated heterocycles. The van der Waals surface area contributed by atoms with E-state index in [1.54, 1.807) is 58.9 Å². The fourth-order valence-corrected chi connectivity index (χ4v) is 5.54. The average molecular weight is 789 g/mol. The summed E-state index contributed by atoms with van der Waals surface area (Å²) in [5.41, 5.74) is -3.13.